The number of nitrogens with one attached hydrogen (secondary N) is 1. The molecule has 0 aliphatic carbocycles. The quantitative estimate of drug-likeness (QED) is 0.165. The molecule has 13 heteroatoms. The van der Waals surface area contributed by atoms with Crippen LogP contribution in [-0.4, -0.2) is 113 Å². The SMILES string of the molecule is O=C(CCl)NCCOCCOCCOCCn1cc(C(O)(O)N2CCSCC2)nn1. The van der Waals surface area contributed by atoms with E-state index in [0.717, 1.165) is 11.5 Å². The van der Waals surface area contributed by atoms with Gasteiger partial charge in [-0.2, -0.15) is 11.8 Å². The molecular weight excluding hydrogens is 438 g/mol. The Labute approximate surface area is 185 Å². The second kappa shape index (κ2) is 14.1. The van der Waals surface area contributed by atoms with Gasteiger partial charge in [0.05, 0.1) is 52.4 Å². The van der Waals surface area contributed by atoms with Gasteiger partial charge in [-0.15, -0.1) is 16.7 Å². The summed E-state index contributed by atoms with van der Waals surface area (Å²) in [6, 6.07) is 0. The Morgan fingerprint density at radius 1 is 1.13 bits per heavy atom. The average Bonchev–Trinajstić information content (AvgIpc) is 3.24. The van der Waals surface area contributed by atoms with Crippen LogP contribution in [0.4, 0.5) is 0 Å². The zero-order chi connectivity index (χ0) is 21.7. The highest BCUT2D eigenvalue weighted by molar-refractivity contribution is 7.99. The Bertz CT molecular complexity index is 617. The lowest BCUT2D eigenvalue weighted by molar-refractivity contribution is -0.275. The molecule has 0 saturated carbocycles. The number of carbonyl (C=O) groups is 1. The first kappa shape index (κ1) is 25.3. The van der Waals surface area contributed by atoms with E-state index in [1.807, 2.05) is 0 Å². The van der Waals surface area contributed by atoms with Gasteiger partial charge in [0.15, 0.2) is 5.69 Å². The summed E-state index contributed by atoms with van der Waals surface area (Å²) in [5.41, 5.74) is 0.111. The van der Waals surface area contributed by atoms with Gasteiger partial charge in [0.1, 0.15) is 5.88 Å². The molecule has 0 spiro atoms. The monoisotopic (exact) mass is 467 g/mol. The van der Waals surface area contributed by atoms with Gasteiger partial charge in [-0.05, 0) is 0 Å². The maximum absolute atomic E-state index is 10.9. The zero-order valence-corrected chi connectivity index (χ0v) is 18.4. The molecule has 11 nitrogen and oxygen atoms in total. The summed E-state index contributed by atoms with van der Waals surface area (Å²) in [5.74, 6) is -0.671. The molecule has 0 atom stereocenters. The maximum Gasteiger partial charge on any atom is 0.274 e. The van der Waals surface area contributed by atoms with Crippen LogP contribution in [0.3, 0.4) is 0 Å². The number of aromatic nitrogens is 3. The normalized spacial score (nSPS) is 15.4. The van der Waals surface area contributed by atoms with Crippen LogP contribution >= 0.6 is 23.4 Å². The Balaban J connectivity index is 1.48. The predicted octanol–water partition coefficient (Wildman–Crippen LogP) is -1.17. The number of amides is 1. The third-order valence-corrected chi connectivity index (χ3v) is 5.42. The van der Waals surface area contributed by atoms with Crippen molar-refractivity contribution in [1.29, 1.82) is 0 Å². The van der Waals surface area contributed by atoms with Crippen molar-refractivity contribution in [2.75, 3.05) is 76.7 Å². The van der Waals surface area contributed by atoms with Crippen molar-refractivity contribution >= 4 is 29.3 Å². The van der Waals surface area contributed by atoms with E-state index in [0.29, 0.717) is 65.8 Å². The van der Waals surface area contributed by atoms with Crippen LogP contribution in [0.5, 0.6) is 0 Å². The van der Waals surface area contributed by atoms with Gasteiger partial charge in [0.25, 0.3) is 5.91 Å². The van der Waals surface area contributed by atoms with Crippen LogP contribution in [0.1, 0.15) is 5.69 Å². The van der Waals surface area contributed by atoms with Crippen LogP contribution in [0, 0.1) is 0 Å². The molecule has 3 N–H and O–H groups in total. The summed E-state index contributed by atoms with van der Waals surface area (Å²) in [6.07, 6.45) is 1.52. The van der Waals surface area contributed by atoms with Gasteiger partial charge >= 0.3 is 0 Å². The van der Waals surface area contributed by atoms with Crippen molar-refractivity contribution < 1.29 is 29.2 Å². The van der Waals surface area contributed by atoms with E-state index in [-0.39, 0.29) is 17.5 Å². The van der Waals surface area contributed by atoms with E-state index in [1.165, 1.54) is 10.9 Å². The molecule has 1 amide bonds. The van der Waals surface area contributed by atoms with Crippen molar-refractivity contribution in [2.45, 2.75) is 12.5 Å². The van der Waals surface area contributed by atoms with E-state index >= 15 is 0 Å². The van der Waals surface area contributed by atoms with Crippen molar-refractivity contribution in [3.63, 3.8) is 0 Å². The van der Waals surface area contributed by atoms with Crippen LogP contribution in [-0.2, 0) is 31.5 Å². The van der Waals surface area contributed by atoms with Crippen LogP contribution in [0.2, 0.25) is 0 Å². The molecule has 0 unspecified atom stereocenters. The van der Waals surface area contributed by atoms with Crippen molar-refractivity contribution in [1.82, 2.24) is 25.2 Å². The Morgan fingerprint density at radius 3 is 2.43 bits per heavy atom. The molecule has 0 radical (unpaired) electrons. The lowest BCUT2D eigenvalue weighted by Gasteiger charge is -2.35. The highest BCUT2D eigenvalue weighted by atomic mass is 35.5. The smallest absolute Gasteiger partial charge is 0.274 e. The number of carbonyl (C=O) groups excluding carboxylic acids is 1. The topological polar surface area (TPSA) is 131 Å². The highest BCUT2D eigenvalue weighted by Crippen LogP contribution is 2.24. The van der Waals surface area contributed by atoms with Gasteiger partial charge in [0.2, 0.25) is 5.91 Å². The van der Waals surface area contributed by atoms with Gasteiger partial charge in [-0.3, -0.25) is 4.79 Å². The summed E-state index contributed by atoms with van der Waals surface area (Å²) >= 11 is 7.14. The standard InChI is InChI=1S/C17H30ClN5O6S/c18-13-16(24)19-1-5-27-7-9-29-10-8-28-6-2-23-14-15(20-21-23)17(25,26)22-3-11-30-12-4-22/h14,25-26H,1-13H2,(H,19,24). The molecule has 0 aromatic carbocycles. The fraction of sp³-hybridized carbons (Fsp3) is 0.824. The number of halogens is 1. The molecule has 1 aromatic rings. The molecule has 172 valence electrons. The summed E-state index contributed by atoms with van der Waals surface area (Å²) in [6.45, 7) is 4.55. The molecule has 1 aromatic heterocycles. The molecule has 1 saturated heterocycles. The van der Waals surface area contributed by atoms with E-state index in [9.17, 15) is 15.0 Å². The first-order chi connectivity index (χ1) is 14.5. The van der Waals surface area contributed by atoms with E-state index in [2.05, 4.69) is 15.6 Å². The van der Waals surface area contributed by atoms with Crippen LogP contribution < -0.4 is 5.32 Å². The molecular formula is C17H30ClN5O6S. The number of hydrogen-bond acceptors (Lipinski definition) is 10. The Kier molecular flexibility index (Phi) is 11.9. The molecule has 1 fully saturated rings. The highest BCUT2D eigenvalue weighted by Gasteiger charge is 2.37. The minimum atomic E-state index is -2.11. The van der Waals surface area contributed by atoms with Gasteiger partial charge in [0, 0.05) is 31.1 Å². The van der Waals surface area contributed by atoms with E-state index in [4.69, 9.17) is 25.8 Å². The first-order valence-electron chi connectivity index (χ1n) is 9.78. The number of thioether (sulfide) groups is 1. The molecule has 30 heavy (non-hydrogen) atoms. The van der Waals surface area contributed by atoms with Gasteiger partial charge < -0.3 is 29.7 Å². The number of aliphatic hydroxyl groups is 2. The van der Waals surface area contributed by atoms with E-state index < -0.39 is 5.91 Å². The number of ether oxygens (including phenoxy) is 3. The summed E-state index contributed by atoms with van der Waals surface area (Å²) in [5, 5.41) is 31.2. The fourth-order valence-corrected chi connectivity index (χ4v) is 3.61. The molecule has 1 aliphatic rings. The third-order valence-electron chi connectivity index (χ3n) is 4.23. The van der Waals surface area contributed by atoms with Gasteiger partial charge in [-0.1, -0.05) is 5.21 Å². The molecule has 0 bridgehead atoms. The predicted molar refractivity (Wildman–Crippen MR) is 111 cm³/mol. The largest absolute Gasteiger partial charge is 0.377 e. The van der Waals surface area contributed by atoms with E-state index in [1.54, 1.807) is 16.7 Å². The third kappa shape index (κ3) is 9.02. The molecule has 1 aliphatic heterocycles. The van der Waals surface area contributed by atoms with Crippen molar-refractivity contribution in [2.24, 2.45) is 0 Å². The summed E-state index contributed by atoms with van der Waals surface area (Å²) in [7, 11) is 0. The summed E-state index contributed by atoms with van der Waals surface area (Å²) in [4.78, 5) is 12.5. The summed E-state index contributed by atoms with van der Waals surface area (Å²) < 4.78 is 17.7. The van der Waals surface area contributed by atoms with Crippen LogP contribution in [0.25, 0.3) is 0 Å². The molecule has 2 heterocycles. The minimum absolute atomic E-state index is 0.0528. The van der Waals surface area contributed by atoms with Crippen molar-refractivity contribution in [3.05, 3.63) is 11.9 Å². The van der Waals surface area contributed by atoms with Gasteiger partial charge in [-0.25, -0.2) is 9.58 Å². The van der Waals surface area contributed by atoms with Crippen LogP contribution in [0.15, 0.2) is 6.20 Å². The average molecular weight is 468 g/mol. The number of rotatable bonds is 15. The molecule has 2 rings (SSSR count). The second-order valence-corrected chi connectivity index (χ2v) is 7.91. The Hall–Kier alpha value is -0.990. The lowest BCUT2D eigenvalue weighted by atomic mass is 10.3. The number of alkyl halides is 1. The maximum atomic E-state index is 10.9. The second-order valence-electron chi connectivity index (χ2n) is 6.42. The minimum Gasteiger partial charge on any atom is -0.377 e. The zero-order valence-electron chi connectivity index (χ0n) is 16.9. The van der Waals surface area contributed by atoms with Crippen molar-refractivity contribution in [3.8, 4) is 0 Å². The Morgan fingerprint density at radius 2 is 1.77 bits per heavy atom. The first-order valence-corrected chi connectivity index (χ1v) is 11.5. The number of hydrogen-bond donors (Lipinski definition) is 3. The fourth-order valence-electron chi connectivity index (χ4n) is 2.61. The number of nitrogens with zero attached hydrogens (tertiary/aromatic N) is 4. The lowest BCUT2D eigenvalue weighted by Crippen LogP contribution is -2.50.